The van der Waals surface area contributed by atoms with Crippen LogP contribution in [0.4, 0.5) is 13.2 Å². The number of nitrogens with zero attached hydrogens (tertiary/aromatic N) is 1. The third-order valence-corrected chi connectivity index (χ3v) is 3.17. The summed E-state index contributed by atoms with van der Waals surface area (Å²) in [5, 5.41) is 3.14. The third kappa shape index (κ3) is 5.16. The van der Waals surface area contributed by atoms with Crippen molar-refractivity contribution in [2.75, 3.05) is 20.6 Å². The van der Waals surface area contributed by atoms with Crippen molar-refractivity contribution >= 4 is 0 Å². The molecule has 0 bridgehead atoms. The van der Waals surface area contributed by atoms with Gasteiger partial charge in [-0.25, -0.2) is 0 Å². The van der Waals surface area contributed by atoms with Gasteiger partial charge in [0, 0.05) is 18.0 Å². The van der Waals surface area contributed by atoms with Crippen LogP contribution in [0.2, 0.25) is 0 Å². The molecule has 0 aliphatic heterocycles. The summed E-state index contributed by atoms with van der Waals surface area (Å²) in [7, 11) is 3.77. The molecule has 0 heterocycles. The van der Waals surface area contributed by atoms with Crippen LogP contribution >= 0.6 is 0 Å². The van der Waals surface area contributed by atoms with Gasteiger partial charge in [0.1, 0.15) is 0 Å². The molecule has 0 amide bonds. The van der Waals surface area contributed by atoms with Gasteiger partial charge in [0.2, 0.25) is 0 Å². The first kappa shape index (κ1) is 15.7. The normalized spacial score (nSPS) is 15.6. The average Bonchev–Trinajstić information content (AvgIpc) is 2.10. The second-order valence-electron chi connectivity index (χ2n) is 4.81. The van der Waals surface area contributed by atoms with Crippen LogP contribution in [0.1, 0.15) is 33.6 Å². The van der Waals surface area contributed by atoms with Crippen LogP contribution in [0.25, 0.3) is 0 Å². The molecule has 0 saturated carbocycles. The summed E-state index contributed by atoms with van der Waals surface area (Å²) in [6.07, 6.45) is -4.69. The minimum atomic E-state index is -4.07. The zero-order chi connectivity index (χ0) is 13.0. The van der Waals surface area contributed by atoms with Crippen molar-refractivity contribution in [1.29, 1.82) is 0 Å². The molecule has 1 N–H and O–H groups in total. The van der Waals surface area contributed by atoms with Gasteiger partial charge >= 0.3 is 6.18 Å². The van der Waals surface area contributed by atoms with Gasteiger partial charge in [-0.3, -0.25) is 0 Å². The number of halogens is 3. The van der Waals surface area contributed by atoms with E-state index in [9.17, 15) is 13.2 Å². The summed E-state index contributed by atoms with van der Waals surface area (Å²) in [5.74, 6) is 0. The Hall–Kier alpha value is -0.290. The predicted molar refractivity (Wildman–Crippen MR) is 60.5 cm³/mol. The van der Waals surface area contributed by atoms with Gasteiger partial charge in [0.05, 0.1) is 0 Å². The van der Waals surface area contributed by atoms with E-state index in [2.05, 4.69) is 5.32 Å². The lowest BCUT2D eigenvalue weighted by Crippen LogP contribution is -2.55. The van der Waals surface area contributed by atoms with E-state index in [0.29, 0.717) is 6.54 Å². The lowest BCUT2D eigenvalue weighted by atomic mass is 9.89. The average molecular weight is 240 g/mol. The molecule has 0 aromatic heterocycles. The molecule has 2 nitrogen and oxygen atoms in total. The van der Waals surface area contributed by atoms with E-state index in [0.717, 1.165) is 0 Å². The number of nitrogens with one attached hydrogen (secondary N) is 1. The Morgan fingerprint density at radius 3 is 2.00 bits per heavy atom. The standard InChI is InChI=1S/C11H23F3N2/c1-6-15-9(7-8-11(12,13)14)10(2,3)16(4)5/h9,15H,6-8H2,1-5H3. The molecule has 0 fully saturated rings. The summed E-state index contributed by atoms with van der Waals surface area (Å²) in [6.45, 7) is 6.50. The fraction of sp³-hybridized carbons (Fsp3) is 1.00. The quantitative estimate of drug-likeness (QED) is 0.768. The summed E-state index contributed by atoms with van der Waals surface area (Å²) < 4.78 is 36.6. The number of alkyl halides is 3. The van der Waals surface area contributed by atoms with Crippen LogP contribution in [0.15, 0.2) is 0 Å². The molecule has 0 aromatic carbocycles. The number of hydrogen-bond acceptors (Lipinski definition) is 2. The van der Waals surface area contributed by atoms with Gasteiger partial charge in [0.25, 0.3) is 0 Å². The van der Waals surface area contributed by atoms with Crippen LogP contribution < -0.4 is 5.32 Å². The molecule has 1 unspecified atom stereocenters. The van der Waals surface area contributed by atoms with E-state index in [4.69, 9.17) is 0 Å². The van der Waals surface area contributed by atoms with Crippen molar-refractivity contribution in [3.8, 4) is 0 Å². The molecule has 0 aromatic rings. The Bertz CT molecular complexity index is 200. The Labute approximate surface area is 96.2 Å². The van der Waals surface area contributed by atoms with Gasteiger partial charge < -0.3 is 10.2 Å². The Morgan fingerprint density at radius 2 is 1.69 bits per heavy atom. The highest BCUT2D eigenvalue weighted by Gasteiger charge is 2.35. The fourth-order valence-corrected chi connectivity index (χ4v) is 1.57. The maximum atomic E-state index is 12.2. The second-order valence-corrected chi connectivity index (χ2v) is 4.81. The van der Waals surface area contributed by atoms with E-state index in [1.165, 1.54) is 0 Å². The lowest BCUT2D eigenvalue weighted by molar-refractivity contribution is -0.138. The van der Waals surface area contributed by atoms with Gasteiger partial charge in [-0.2, -0.15) is 13.2 Å². The van der Waals surface area contributed by atoms with Crippen molar-refractivity contribution in [2.24, 2.45) is 0 Å². The molecule has 0 spiro atoms. The third-order valence-electron chi connectivity index (χ3n) is 3.17. The summed E-state index contributed by atoms with van der Waals surface area (Å²) in [6, 6.07) is -0.158. The van der Waals surface area contributed by atoms with Crippen LogP contribution in [0.3, 0.4) is 0 Å². The highest BCUT2D eigenvalue weighted by atomic mass is 19.4. The molecule has 16 heavy (non-hydrogen) atoms. The van der Waals surface area contributed by atoms with Crippen molar-refractivity contribution in [3.05, 3.63) is 0 Å². The monoisotopic (exact) mass is 240 g/mol. The van der Waals surface area contributed by atoms with Crippen molar-refractivity contribution in [1.82, 2.24) is 10.2 Å². The molecule has 0 saturated heterocycles. The molecular weight excluding hydrogens is 217 g/mol. The Kier molecular flexibility index (Phi) is 5.76. The maximum absolute atomic E-state index is 12.2. The first-order valence-electron chi connectivity index (χ1n) is 5.58. The molecule has 0 aliphatic rings. The predicted octanol–water partition coefficient (Wildman–Crippen LogP) is 2.65. The highest BCUT2D eigenvalue weighted by Crippen LogP contribution is 2.26. The largest absolute Gasteiger partial charge is 0.389 e. The van der Waals surface area contributed by atoms with Crippen LogP contribution in [0.5, 0.6) is 0 Å². The van der Waals surface area contributed by atoms with Crippen LogP contribution in [0, 0.1) is 0 Å². The van der Waals surface area contributed by atoms with Crippen molar-refractivity contribution < 1.29 is 13.2 Å². The van der Waals surface area contributed by atoms with E-state index in [1.54, 1.807) is 0 Å². The van der Waals surface area contributed by atoms with Crippen molar-refractivity contribution in [2.45, 2.75) is 51.4 Å². The van der Waals surface area contributed by atoms with Crippen LogP contribution in [-0.4, -0.2) is 43.3 Å². The summed E-state index contributed by atoms with van der Waals surface area (Å²) in [5.41, 5.74) is -0.290. The first-order valence-corrected chi connectivity index (χ1v) is 5.58. The molecule has 1 atom stereocenters. The van der Waals surface area contributed by atoms with Gasteiger partial charge in [-0.15, -0.1) is 0 Å². The van der Waals surface area contributed by atoms with Crippen molar-refractivity contribution in [3.63, 3.8) is 0 Å². The maximum Gasteiger partial charge on any atom is 0.389 e. The Balaban J connectivity index is 4.49. The Morgan fingerprint density at radius 1 is 1.19 bits per heavy atom. The zero-order valence-corrected chi connectivity index (χ0v) is 10.8. The van der Waals surface area contributed by atoms with E-state index >= 15 is 0 Å². The molecule has 0 radical (unpaired) electrons. The van der Waals surface area contributed by atoms with E-state index < -0.39 is 12.6 Å². The molecule has 0 rings (SSSR count). The van der Waals surface area contributed by atoms with E-state index in [-0.39, 0.29) is 18.0 Å². The number of likely N-dealkylation sites (N-methyl/N-ethyl adjacent to an activating group) is 2. The van der Waals surface area contributed by atoms with Crippen LogP contribution in [-0.2, 0) is 0 Å². The number of hydrogen-bond donors (Lipinski definition) is 1. The van der Waals surface area contributed by atoms with Gasteiger partial charge in [-0.1, -0.05) is 6.92 Å². The summed E-state index contributed by atoms with van der Waals surface area (Å²) >= 11 is 0. The molecule has 0 aliphatic carbocycles. The minimum absolute atomic E-state index is 0.114. The lowest BCUT2D eigenvalue weighted by Gasteiger charge is -2.40. The fourth-order valence-electron chi connectivity index (χ4n) is 1.57. The zero-order valence-electron chi connectivity index (χ0n) is 10.8. The molecule has 98 valence electrons. The van der Waals surface area contributed by atoms with Gasteiger partial charge in [-0.05, 0) is 40.9 Å². The highest BCUT2D eigenvalue weighted by molar-refractivity contribution is 4.91. The molecule has 5 heteroatoms. The first-order chi connectivity index (χ1) is 7.11. The minimum Gasteiger partial charge on any atom is -0.312 e. The number of rotatable bonds is 6. The second kappa shape index (κ2) is 5.87. The van der Waals surface area contributed by atoms with E-state index in [1.807, 2.05) is 39.8 Å². The molecular formula is C11H23F3N2. The van der Waals surface area contributed by atoms with Gasteiger partial charge in [0.15, 0.2) is 0 Å². The summed E-state index contributed by atoms with van der Waals surface area (Å²) in [4.78, 5) is 1.96. The smallest absolute Gasteiger partial charge is 0.312 e. The topological polar surface area (TPSA) is 15.3 Å². The SMILES string of the molecule is CCNC(CCC(F)(F)F)C(C)(C)N(C)C.